The van der Waals surface area contributed by atoms with Crippen LogP contribution in [0.4, 0.5) is 0 Å². The highest BCUT2D eigenvalue weighted by Gasteiger charge is 2.14. The molecule has 28 heavy (non-hydrogen) atoms. The van der Waals surface area contributed by atoms with E-state index >= 15 is 0 Å². The third kappa shape index (κ3) is 7.35. The average Bonchev–Trinajstić information content (AvgIpc) is 2.66. The lowest BCUT2D eigenvalue weighted by molar-refractivity contribution is -0.121. The minimum absolute atomic E-state index is 0.0437. The summed E-state index contributed by atoms with van der Waals surface area (Å²) in [5.74, 6) is -0.201. The predicted molar refractivity (Wildman–Crippen MR) is 114 cm³/mol. The van der Waals surface area contributed by atoms with Crippen LogP contribution in [0.25, 0.3) is 0 Å². The van der Waals surface area contributed by atoms with Crippen LogP contribution in [-0.4, -0.2) is 39.4 Å². The minimum Gasteiger partial charge on any atom is -0.352 e. The summed E-state index contributed by atoms with van der Waals surface area (Å²) in [6.07, 6.45) is 0.0749. The summed E-state index contributed by atoms with van der Waals surface area (Å²) >= 11 is 3.25. The van der Waals surface area contributed by atoms with Crippen LogP contribution in [0.2, 0.25) is 0 Å². The second kappa shape index (κ2) is 10.7. The molecule has 0 bridgehead atoms. The highest BCUT2D eigenvalue weighted by molar-refractivity contribution is 9.10. The first kappa shape index (κ1) is 22.5. The Labute approximate surface area is 175 Å². The molecule has 2 N–H and O–H groups in total. The molecule has 0 saturated carbocycles. The van der Waals surface area contributed by atoms with E-state index in [0.29, 0.717) is 11.0 Å². The molecule has 2 aromatic carbocycles. The number of benzene rings is 2. The number of carbonyl (C=O) groups is 1. The third-order valence-electron chi connectivity index (χ3n) is 4.22. The van der Waals surface area contributed by atoms with Gasteiger partial charge in [0.2, 0.25) is 15.9 Å². The molecule has 8 heteroatoms. The molecule has 1 amide bonds. The highest BCUT2D eigenvalue weighted by atomic mass is 79.9. The molecule has 0 fully saturated rings. The van der Waals surface area contributed by atoms with Gasteiger partial charge in [0.15, 0.2) is 0 Å². The maximum Gasteiger partial charge on any atom is 0.240 e. The summed E-state index contributed by atoms with van der Waals surface area (Å²) in [4.78, 5) is 14.4. The van der Waals surface area contributed by atoms with Crippen molar-refractivity contribution in [1.82, 2.24) is 14.9 Å². The van der Waals surface area contributed by atoms with Gasteiger partial charge in [0.05, 0.1) is 4.90 Å². The van der Waals surface area contributed by atoms with Gasteiger partial charge in [-0.05, 0) is 42.9 Å². The second-order valence-electron chi connectivity index (χ2n) is 6.53. The van der Waals surface area contributed by atoms with Crippen molar-refractivity contribution >= 4 is 31.9 Å². The molecule has 0 aromatic heterocycles. The monoisotopic (exact) mass is 467 g/mol. The lowest BCUT2D eigenvalue weighted by Crippen LogP contribution is -2.30. The summed E-state index contributed by atoms with van der Waals surface area (Å²) in [5.41, 5.74) is 2.21. The number of halogens is 1. The molecule has 2 rings (SSSR count). The molecule has 0 unspecified atom stereocenters. The van der Waals surface area contributed by atoms with Crippen LogP contribution in [-0.2, 0) is 27.9 Å². The lowest BCUT2D eigenvalue weighted by Gasteiger charge is -2.14. The normalized spacial score (nSPS) is 11.6. The van der Waals surface area contributed by atoms with Crippen LogP contribution in [0.1, 0.15) is 24.5 Å². The van der Waals surface area contributed by atoms with Crippen LogP contribution in [0, 0.1) is 0 Å². The van der Waals surface area contributed by atoms with Gasteiger partial charge in [0.1, 0.15) is 0 Å². The molecule has 2 aromatic rings. The zero-order chi connectivity index (χ0) is 20.6. The molecule has 0 aliphatic carbocycles. The zero-order valence-electron chi connectivity index (χ0n) is 16.1. The van der Waals surface area contributed by atoms with E-state index in [1.807, 2.05) is 12.1 Å². The van der Waals surface area contributed by atoms with Crippen molar-refractivity contribution in [2.75, 3.05) is 20.1 Å². The maximum absolute atomic E-state index is 12.2. The number of nitrogens with one attached hydrogen (secondary N) is 2. The summed E-state index contributed by atoms with van der Waals surface area (Å²) in [7, 11) is -1.57. The average molecular weight is 468 g/mol. The number of amides is 1. The number of hydrogen-bond donors (Lipinski definition) is 2. The Kier molecular flexibility index (Phi) is 8.62. The van der Waals surface area contributed by atoms with E-state index < -0.39 is 10.0 Å². The van der Waals surface area contributed by atoms with Crippen LogP contribution >= 0.6 is 15.9 Å². The van der Waals surface area contributed by atoms with Crippen molar-refractivity contribution < 1.29 is 13.2 Å². The Balaban J connectivity index is 1.79. The van der Waals surface area contributed by atoms with Gasteiger partial charge >= 0.3 is 0 Å². The molecular formula is C20H26BrN3O3S. The van der Waals surface area contributed by atoms with Crippen LogP contribution in [0.15, 0.2) is 57.9 Å². The number of sulfonamides is 1. The van der Waals surface area contributed by atoms with E-state index in [0.717, 1.165) is 18.7 Å². The molecule has 0 atom stereocenters. The predicted octanol–water partition coefficient (Wildman–Crippen LogP) is 2.89. The SMILES string of the molecule is CCN(C)Cc1cccc(CNC(=O)CCNS(=O)(=O)c2cccc(Br)c2)c1. The first-order chi connectivity index (χ1) is 13.3. The molecule has 0 aliphatic heterocycles. The summed E-state index contributed by atoms with van der Waals surface area (Å²) < 4.78 is 27.6. The van der Waals surface area contributed by atoms with Crippen molar-refractivity contribution in [3.05, 3.63) is 64.1 Å². The Morgan fingerprint density at radius 3 is 2.54 bits per heavy atom. The van der Waals surface area contributed by atoms with Gasteiger partial charge in [-0.3, -0.25) is 4.79 Å². The smallest absolute Gasteiger partial charge is 0.240 e. The fourth-order valence-electron chi connectivity index (χ4n) is 2.57. The highest BCUT2D eigenvalue weighted by Crippen LogP contribution is 2.15. The van der Waals surface area contributed by atoms with Gasteiger partial charge in [0, 0.05) is 30.5 Å². The molecule has 0 saturated heterocycles. The van der Waals surface area contributed by atoms with Gasteiger partial charge in [-0.1, -0.05) is 53.2 Å². The number of hydrogen-bond acceptors (Lipinski definition) is 4. The molecule has 152 valence electrons. The first-order valence-corrected chi connectivity index (χ1v) is 11.4. The number of carbonyl (C=O) groups excluding carboxylic acids is 1. The molecule has 0 spiro atoms. The van der Waals surface area contributed by atoms with Crippen molar-refractivity contribution in [2.24, 2.45) is 0 Å². The summed E-state index contributed by atoms with van der Waals surface area (Å²) in [6.45, 7) is 4.39. The first-order valence-electron chi connectivity index (χ1n) is 9.08. The van der Waals surface area contributed by atoms with E-state index in [1.165, 1.54) is 17.7 Å². The molecule has 0 heterocycles. The third-order valence-corrected chi connectivity index (χ3v) is 6.18. The van der Waals surface area contributed by atoms with Crippen LogP contribution < -0.4 is 10.0 Å². The van der Waals surface area contributed by atoms with Crippen molar-refractivity contribution in [2.45, 2.75) is 31.3 Å². The van der Waals surface area contributed by atoms with E-state index in [2.05, 4.69) is 57.0 Å². The Morgan fingerprint density at radius 1 is 1.11 bits per heavy atom. The van der Waals surface area contributed by atoms with E-state index in [4.69, 9.17) is 0 Å². The van der Waals surface area contributed by atoms with Crippen molar-refractivity contribution in [3.8, 4) is 0 Å². The topological polar surface area (TPSA) is 78.5 Å². The summed E-state index contributed by atoms with van der Waals surface area (Å²) in [6, 6.07) is 14.5. The van der Waals surface area contributed by atoms with E-state index in [9.17, 15) is 13.2 Å². The Hall–Kier alpha value is -1.74. The van der Waals surface area contributed by atoms with E-state index in [1.54, 1.807) is 12.1 Å². The maximum atomic E-state index is 12.2. The van der Waals surface area contributed by atoms with E-state index in [-0.39, 0.29) is 23.8 Å². The second-order valence-corrected chi connectivity index (χ2v) is 9.21. The largest absolute Gasteiger partial charge is 0.352 e. The quantitative estimate of drug-likeness (QED) is 0.562. The molecule has 0 radical (unpaired) electrons. The van der Waals surface area contributed by atoms with Crippen LogP contribution in [0.3, 0.4) is 0 Å². The molecule has 0 aliphatic rings. The van der Waals surface area contributed by atoms with Crippen molar-refractivity contribution in [3.63, 3.8) is 0 Å². The minimum atomic E-state index is -3.63. The number of nitrogens with zero attached hydrogens (tertiary/aromatic N) is 1. The molecule has 6 nitrogen and oxygen atoms in total. The van der Waals surface area contributed by atoms with Gasteiger partial charge in [-0.15, -0.1) is 0 Å². The lowest BCUT2D eigenvalue weighted by atomic mass is 10.1. The van der Waals surface area contributed by atoms with Gasteiger partial charge in [0.25, 0.3) is 0 Å². The number of rotatable bonds is 10. The van der Waals surface area contributed by atoms with Crippen molar-refractivity contribution in [1.29, 1.82) is 0 Å². The summed E-state index contributed by atoms with van der Waals surface area (Å²) in [5, 5.41) is 2.83. The van der Waals surface area contributed by atoms with Crippen LogP contribution in [0.5, 0.6) is 0 Å². The van der Waals surface area contributed by atoms with Gasteiger partial charge < -0.3 is 10.2 Å². The van der Waals surface area contributed by atoms with Gasteiger partial charge in [-0.25, -0.2) is 13.1 Å². The Morgan fingerprint density at radius 2 is 1.82 bits per heavy atom. The standard InChI is InChI=1S/C20H26BrN3O3S/c1-3-24(2)15-17-7-4-6-16(12-17)14-22-20(25)10-11-23-28(26,27)19-9-5-8-18(21)13-19/h4-9,12-13,23H,3,10-11,14-15H2,1-2H3,(H,22,25). The fourth-order valence-corrected chi connectivity index (χ4v) is 4.19. The fraction of sp³-hybridized carbons (Fsp3) is 0.350. The van der Waals surface area contributed by atoms with Gasteiger partial charge in [-0.2, -0.15) is 0 Å². The zero-order valence-corrected chi connectivity index (χ0v) is 18.5. The Bertz CT molecular complexity index is 903. The molecular weight excluding hydrogens is 442 g/mol.